The fourth-order valence-corrected chi connectivity index (χ4v) is 4.90. The van der Waals surface area contributed by atoms with Gasteiger partial charge in [-0.1, -0.05) is 73.6 Å². The molecule has 170 valence electrons. The van der Waals surface area contributed by atoms with Crippen LogP contribution >= 0.6 is 11.3 Å². The lowest BCUT2D eigenvalue weighted by Crippen LogP contribution is -2.30. The summed E-state index contributed by atoms with van der Waals surface area (Å²) in [5, 5.41) is 0.710. The average Bonchev–Trinajstić information content (AvgIpc) is 3.25. The highest BCUT2D eigenvalue weighted by molar-refractivity contribution is 7.22. The Hall–Kier alpha value is -3.18. The molecule has 0 saturated heterocycles. The zero-order valence-corrected chi connectivity index (χ0v) is 20.3. The predicted octanol–water partition coefficient (Wildman–Crippen LogP) is 7.33. The van der Waals surface area contributed by atoms with Gasteiger partial charge in [0.05, 0.1) is 23.4 Å². The molecule has 0 bridgehead atoms. The molecular formula is C28H30N2O2S. The van der Waals surface area contributed by atoms with E-state index in [1.165, 1.54) is 11.1 Å². The highest BCUT2D eigenvalue weighted by Crippen LogP contribution is 2.34. The molecule has 33 heavy (non-hydrogen) atoms. The first-order valence-corrected chi connectivity index (χ1v) is 12.3. The number of amides is 1. The number of carbonyl (C=O) groups is 1. The van der Waals surface area contributed by atoms with Crippen LogP contribution in [0.1, 0.15) is 53.2 Å². The smallest absolute Gasteiger partial charge is 0.260 e. The minimum Gasteiger partial charge on any atom is -0.494 e. The van der Waals surface area contributed by atoms with E-state index in [1.807, 2.05) is 54.6 Å². The van der Waals surface area contributed by atoms with Crippen molar-refractivity contribution in [1.82, 2.24) is 4.98 Å². The van der Waals surface area contributed by atoms with Gasteiger partial charge in [-0.2, -0.15) is 0 Å². The van der Waals surface area contributed by atoms with Crippen molar-refractivity contribution in [3.63, 3.8) is 0 Å². The summed E-state index contributed by atoms with van der Waals surface area (Å²) in [6, 6.07) is 21.8. The van der Waals surface area contributed by atoms with E-state index < -0.39 is 0 Å². The van der Waals surface area contributed by atoms with Crippen LogP contribution in [0.2, 0.25) is 0 Å². The van der Waals surface area contributed by atoms with Gasteiger partial charge in [0.15, 0.2) is 5.13 Å². The summed E-state index contributed by atoms with van der Waals surface area (Å²) in [6.45, 7) is 7.46. The van der Waals surface area contributed by atoms with Gasteiger partial charge >= 0.3 is 0 Å². The summed E-state index contributed by atoms with van der Waals surface area (Å²) in [6.07, 6.45) is 3.30. The Labute approximate surface area is 199 Å². The van der Waals surface area contributed by atoms with Crippen molar-refractivity contribution in [2.45, 2.75) is 46.6 Å². The third-order valence-corrected chi connectivity index (χ3v) is 6.80. The van der Waals surface area contributed by atoms with Crippen molar-refractivity contribution < 1.29 is 9.53 Å². The largest absolute Gasteiger partial charge is 0.494 e. The quantitative estimate of drug-likeness (QED) is 0.247. The second-order valence-electron chi connectivity index (χ2n) is 8.39. The third-order valence-electron chi connectivity index (χ3n) is 5.57. The second kappa shape index (κ2) is 10.6. The van der Waals surface area contributed by atoms with Gasteiger partial charge in [-0.3, -0.25) is 9.69 Å². The van der Waals surface area contributed by atoms with E-state index >= 15 is 0 Å². The Morgan fingerprint density at radius 1 is 1.00 bits per heavy atom. The number of carbonyl (C=O) groups excluding carboxylic acids is 1. The molecule has 1 amide bonds. The van der Waals surface area contributed by atoms with Crippen molar-refractivity contribution in [2.75, 3.05) is 11.5 Å². The molecule has 5 heteroatoms. The highest BCUT2D eigenvalue weighted by Gasteiger charge is 2.23. The number of benzene rings is 3. The number of nitrogens with zero attached hydrogens (tertiary/aromatic N) is 2. The first kappa shape index (κ1) is 23.0. The van der Waals surface area contributed by atoms with Crippen LogP contribution < -0.4 is 9.64 Å². The average molecular weight is 459 g/mol. The Morgan fingerprint density at radius 2 is 1.82 bits per heavy atom. The van der Waals surface area contributed by atoms with Crippen LogP contribution in [0.4, 0.5) is 5.13 Å². The standard InChI is InChI=1S/C28H30N2O2S/c1-4-5-9-15-32-24-14-10-13-23(18-24)27(31)30(19-22-11-7-6-8-12-22)28-29-25-17-20(2)16-21(3)26(25)33-28/h6-8,10-14,16-18H,4-5,9,15,19H2,1-3H3. The van der Waals surface area contributed by atoms with Gasteiger partial charge in [-0.25, -0.2) is 4.98 Å². The minimum atomic E-state index is -0.0775. The molecule has 1 aromatic heterocycles. The molecule has 0 spiro atoms. The van der Waals surface area contributed by atoms with E-state index in [-0.39, 0.29) is 5.91 Å². The molecule has 0 unspecified atom stereocenters. The molecular weight excluding hydrogens is 428 g/mol. The van der Waals surface area contributed by atoms with Gasteiger partial charge in [0, 0.05) is 5.56 Å². The maximum atomic E-state index is 13.7. The van der Waals surface area contributed by atoms with Gasteiger partial charge in [0.2, 0.25) is 0 Å². The number of fused-ring (bicyclic) bond motifs is 1. The number of aromatic nitrogens is 1. The fraction of sp³-hybridized carbons (Fsp3) is 0.286. The summed E-state index contributed by atoms with van der Waals surface area (Å²) >= 11 is 1.57. The second-order valence-corrected chi connectivity index (χ2v) is 9.36. The van der Waals surface area contributed by atoms with Crippen LogP contribution in [-0.4, -0.2) is 17.5 Å². The maximum absolute atomic E-state index is 13.7. The van der Waals surface area contributed by atoms with E-state index in [1.54, 1.807) is 16.2 Å². The number of hydrogen-bond donors (Lipinski definition) is 0. The van der Waals surface area contributed by atoms with E-state index in [4.69, 9.17) is 9.72 Å². The number of ether oxygens (including phenoxy) is 1. The lowest BCUT2D eigenvalue weighted by atomic mass is 10.1. The third kappa shape index (κ3) is 5.60. The molecule has 0 fully saturated rings. The van der Waals surface area contributed by atoms with E-state index in [0.29, 0.717) is 23.8 Å². The Balaban J connectivity index is 1.67. The van der Waals surface area contributed by atoms with Crippen LogP contribution in [-0.2, 0) is 6.54 Å². The van der Waals surface area contributed by atoms with Crippen molar-refractivity contribution in [2.24, 2.45) is 0 Å². The number of hydrogen-bond acceptors (Lipinski definition) is 4. The van der Waals surface area contributed by atoms with Crippen LogP contribution in [0.3, 0.4) is 0 Å². The summed E-state index contributed by atoms with van der Waals surface area (Å²) in [7, 11) is 0. The van der Waals surface area contributed by atoms with E-state index in [0.717, 1.165) is 40.8 Å². The summed E-state index contributed by atoms with van der Waals surface area (Å²) < 4.78 is 7.02. The van der Waals surface area contributed by atoms with Crippen LogP contribution in [0.5, 0.6) is 5.75 Å². The summed E-state index contributed by atoms with van der Waals surface area (Å²) in [4.78, 5) is 20.4. The monoisotopic (exact) mass is 458 g/mol. The van der Waals surface area contributed by atoms with E-state index in [9.17, 15) is 4.79 Å². The molecule has 0 aliphatic carbocycles. The molecule has 4 nitrogen and oxygen atoms in total. The van der Waals surface area contributed by atoms with Gasteiger partial charge in [0.25, 0.3) is 5.91 Å². The summed E-state index contributed by atoms with van der Waals surface area (Å²) in [5.74, 6) is 0.652. The number of anilines is 1. The fourth-order valence-electron chi connectivity index (χ4n) is 3.89. The first-order chi connectivity index (χ1) is 16.0. The van der Waals surface area contributed by atoms with Crippen molar-refractivity contribution in [3.05, 3.63) is 89.0 Å². The molecule has 0 aliphatic heterocycles. The van der Waals surface area contributed by atoms with Gasteiger partial charge in [0.1, 0.15) is 5.75 Å². The van der Waals surface area contributed by atoms with Crippen molar-refractivity contribution >= 4 is 32.6 Å². The molecule has 0 aliphatic rings. The zero-order chi connectivity index (χ0) is 23.2. The van der Waals surface area contributed by atoms with E-state index in [2.05, 4.69) is 32.9 Å². The number of aryl methyl sites for hydroxylation is 2. The SMILES string of the molecule is CCCCCOc1cccc(C(=O)N(Cc2ccccc2)c2nc3cc(C)cc(C)c3s2)c1. The first-order valence-electron chi connectivity index (χ1n) is 11.5. The van der Waals surface area contributed by atoms with Crippen LogP contribution in [0, 0.1) is 13.8 Å². The topological polar surface area (TPSA) is 42.4 Å². The molecule has 4 aromatic rings. The molecule has 0 radical (unpaired) electrons. The molecule has 1 heterocycles. The zero-order valence-electron chi connectivity index (χ0n) is 19.5. The predicted molar refractivity (Wildman–Crippen MR) is 138 cm³/mol. The molecule has 0 N–H and O–H groups in total. The van der Waals surface area contributed by atoms with Crippen molar-refractivity contribution in [1.29, 1.82) is 0 Å². The number of unbranched alkanes of at least 4 members (excludes halogenated alkanes) is 2. The maximum Gasteiger partial charge on any atom is 0.260 e. The Kier molecular flexibility index (Phi) is 7.40. The molecule has 0 saturated carbocycles. The lowest BCUT2D eigenvalue weighted by Gasteiger charge is -2.20. The van der Waals surface area contributed by atoms with Crippen molar-refractivity contribution in [3.8, 4) is 5.75 Å². The summed E-state index contributed by atoms with van der Waals surface area (Å²) in [5.41, 5.74) is 4.96. The van der Waals surface area contributed by atoms with Gasteiger partial charge in [-0.05, 0) is 61.2 Å². The molecule has 3 aromatic carbocycles. The normalized spacial score (nSPS) is 11.0. The Morgan fingerprint density at radius 3 is 2.61 bits per heavy atom. The molecule has 4 rings (SSSR count). The van der Waals surface area contributed by atoms with Gasteiger partial charge in [-0.15, -0.1) is 0 Å². The highest BCUT2D eigenvalue weighted by atomic mass is 32.1. The number of thiazole rings is 1. The minimum absolute atomic E-state index is 0.0775. The molecule has 0 atom stereocenters. The van der Waals surface area contributed by atoms with Crippen LogP contribution in [0.25, 0.3) is 10.2 Å². The Bertz CT molecular complexity index is 1230. The number of rotatable bonds is 9. The lowest BCUT2D eigenvalue weighted by molar-refractivity contribution is 0.0984. The van der Waals surface area contributed by atoms with Crippen LogP contribution in [0.15, 0.2) is 66.7 Å². The van der Waals surface area contributed by atoms with Gasteiger partial charge < -0.3 is 4.74 Å².